The van der Waals surface area contributed by atoms with Crippen LogP contribution in [-0.4, -0.2) is 15.8 Å². The van der Waals surface area contributed by atoms with Gasteiger partial charge in [-0.05, 0) is 48.5 Å². The highest BCUT2D eigenvalue weighted by atomic mass is 79.9. The minimum Gasteiger partial charge on any atom is -0.327 e. The van der Waals surface area contributed by atoms with Crippen molar-refractivity contribution in [1.29, 1.82) is 0 Å². The molecule has 0 bridgehead atoms. The summed E-state index contributed by atoms with van der Waals surface area (Å²) >= 11 is 3.68. The van der Waals surface area contributed by atoms with Crippen molar-refractivity contribution in [3.05, 3.63) is 15.9 Å². The molecule has 3 nitrogen and oxygen atoms in total. The smallest absolute Gasteiger partial charge is 0.0738 e. The molecule has 4 heteroatoms. The molecule has 1 unspecified atom stereocenters. The quantitative estimate of drug-likeness (QED) is 0.891. The van der Waals surface area contributed by atoms with Crippen molar-refractivity contribution in [2.45, 2.75) is 77.8 Å². The van der Waals surface area contributed by atoms with Gasteiger partial charge in [-0.15, -0.1) is 0 Å². The number of nitrogens with two attached hydrogens (primary N) is 1. The number of aromatic nitrogens is 2. The number of halogens is 1. The lowest BCUT2D eigenvalue weighted by atomic mass is 9.84. The van der Waals surface area contributed by atoms with E-state index in [1.807, 2.05) is 0 Å². The van der Waals surface area contributed by atoms with Crippen molar-refractivity contribution in [2.24, 2.45) is 11.7 Å². The van der Waals surface area contributed by atoms with E-state index in [2.05, 4.69) is 39.6 Å². The predicted octanol–water partition coefficient (Wildman–Crippen LogP) is 4.20. The zero-order chi connectivity index (χ0) is 14.5. The van der Waals surface area contributed by atoms with Crippen molar-refractivity contribution in [2.75, 3.05) is 0 Å². The molecule has 0 amide bonds. The van der Waals surface area contributed by atoms with E-state index in [1.54, 1.807) is 0 Å². The second-order valence-corrected chi connectivity index (χ2v) is 6.93. The summed E-state index contributed by atoms with van der Waals surface area (Å²) in [5.41, 5.74) is 8.89. The van der Waals surface area contributed by atoms with E-state index in [0.29, 0.717) is 5.92 Å². The molecule has 1 heterocycles. The first kappa shape index (κ1) is 16.0. The molecule has 1 aliphatic carbocycles. The van der Waals surface area contributed by atoms with E-state index in [1.165, 1.54) is 50.6 Å². The summed E-state index contributed by atoms with van der Waals surface area (Å²) < 4.78 is 3.25. The molecule has 1 saturated carbocycles. The third kappa shape index (κ3) is 3.85. The van der Waals surface area contributed by atoms with E-state index in [9.17, 15) is 0 Å². The van der Waals surface area contributed by atoms with E-state index >= 15 is 0 Å². The maximum atomic E-state index is 6.54. The predicted molar refractivity (Wildman–Crippen MR) is 87.8 cm³/mol. The number of hydrogen-bond donors (Lipinski definition) is 1. The minimum absolute atomic E-state index is 0.269. The van der Waals surface area contributed by atoms with Crippen LogP contribution in [0.25, 0.3) is 0 Å². The molecule has 1 aromatic rings. The minimum atomic E-state index is 0.269. The number of aryl methyl sites for hydroxylation is 2. The Hall–Kier alpha value is -0.350. The normalized spacial score (nSPS) is 19.6. The van der Waals surface area contributed by atoms with Crippen molar-refractivity contribution in [3.8, 4) is 0 Å². The molecule has 20 heavy (non-hydrogen) atoms. The lowest BCUT2D eigenvalue weighted by Crippen LogP contribution is -2.33. The third-order valence-corrected chi connectivity index (χ3v) is 5.67. The van der Waals surface area contributed by atoms with Crippen LogP contribution in [0.15, 0.2) is 4.47 Å². The van der Waals surface area contributed by atoms with Crippen molar-refractivity contribution >= 4 is 15.9 Å². The third-order valence-electron chi connectivity index (χ3n) is 4.64. The number of rotatable bonds is 4. The molecule has 1 aromatic heterocycles. The highest BCUT2D eigenvalue weighted by Gasteiger charge is 2.22. The lowest BCUT2D eigenvalue weighted by Gasteiger charge is -2.26. The maximum Gasteiger partial charge on any atom is 0.0738 e. The molecule has 0 saturated heterocycles. The summed E-state index contributed by atoms with van der Waals surface area (Å²) in [6.07, 6.45) is 10.4. The Morgan fingerprint density at radius 1 is 1.25 bits per heavy atom. The lowest BCUT2D eigenvalue weighted by molar-refractivity contribution is 0.318. The van der Waals surface area contributed by atoms with Crippen LogP contribution in [0.4, 0.5) is 0 Å². The van der Waals surface area contributed by atoms with Gasteiger partial charge in [-0.1, -0.05) is 32.1 Å². The van der Waals surface area contributed by atoms with Gasteiger partial charge < -0.3 is 5.73 Å². The Morgan fingerprint density at radius 3 is 2.45 bits per heavy atom. The fraction of sp³-hybridized carbons (Fsp3) is 0.812. The standard InChI is InChI=1S/C16H28BrN3/c1-3-20-15(16(17)12(2)19-20)11-14(18)13-9-7-5-4-6-8-10-13/h13-14H,3-11,18H2,1-2H3. The molecule has 1 atom stereocenters. The van der Waals surface area contributed by atoms with Crippen LogP contribution in [0.1, 0.15) is 63.3 Å². The van der Waals surface area contributed by atoms with Crippen molar-refractivity contribution in [1.82, 2.24) is 9.78 Å². The molecule has 0 aromatic carbocycles. The van der Waals surface area contributed by atoms with E-state index in [4.69, 9.17) is 5.73 Å². The highest BCUT2D eigenvalue weighted by Crippen LogP contribution is 2.28. The van der Waals surface area contributed by atoms with Gasteiger partial charge in [0, 0.05) is 19.0 Å². The van der Waals surface area contributed by atoms with Gasteiger partial charge in [0.05, 0.1) is 15.9 Å². The second kappa shape index (κ2) is 7.60. The Kier molecular flexibility index (Phi) is 6.09. The van der Waals surface area contributed by atoms with E-state index in [-0.39, 0.29) is 6.04 Å². The van der Waals surface area contributed by atoms with Crippen molar-refractivity contribution in [3.63, 3.8) is 0 Å². The Morgan fingerprint density at radius 2 is 1.85 bits per heavy atom. The van der Waals surface area contributed by atoms with Gasteiger partial charge in [0.15, 0.2) is 0 Å². The summed E-state index contributed by atoms with van der Waals surface area (Å²) in [5.74, 6) is 0.683. The molecule has 1 aliphatic rings. The number of nitrogens with zero attached hydrogens (tertiary/aromatic N) is 2. The van der Waals surface area contributed by atoms with E-state index < -0.39 is 0 Å². The maximum absolute atomic E-state index is 6.54. The van der Waals surface area contributed by atoms with Crippen LogP contribution in [-0.2, 0) is 13.0 Å². The Labute approximate surface area is 131 Å². The molecular weight excluding hydrogens is 314 g/mol. The fourth-order valence-electron chi connectivity index (χ4n) is 3.37. The van der Waals surface area contributed by atoms with Crippen molar-refractivity contribution < 1.29 is 0 Å². The topological polar surface area (TPSA) is 43.8 Å². The first-order valence-corrected chi connectivity index (χ1v) is 8.90. The molecule has 0 aliphatic heterocycles. The van der Waals surface area contributed by atoms with Gasteiger partial charge in [0.1, 0.15) is 0 Å². The van der Waals surface area contributed by atoms with Crippen LogP contribution in [0, 0.1) is 12.8 Å². The Balaban J connectivity index is 2.04. The summed E-state index contributed by atoms with van der Waals surface area (Å²) in [5, 5.41) is 4.57. The van der Waals surface area contributed by atoms with Gasteiger partial charge in [-0.2, -0.15) is 5.10 Å². The molecule has 0 spiro atoms. The fourth-order valence-corrected chi connectivity index (χ4v) is 3.82. The molecule has 2 rings (SSSR count). The van der Waals surface area contributed by atoms with Gasteiger partial charge in [0.2, 0.25) is 0 Å². The van der Waals surface area contributed by atoms with Gasteiger partial charge in [-0.25, -0.2) is 0 Å². The summed E-state index contributed by atoms with van der Waals surface area (Å²) in [7, 11) is 0. The van der Waals surface area contributed by atoms with Gasteiger partial charge in [0.25, 0.3) is 0 Å². The van der Waals surface area contributed by atoms with E-state index in [0.717, 1.165) is 23.1 Å². The first-order valence-electron chi connectivity index (χ1n) is 8.10. The second-order valence-electron chi connectivity index (χ2n) is 6.14. The summed E-state index contributed by atoms with van der Waals surface area (Å²) in [4.78, 5) is 0. The molecule has 0 radical (unpaired) electrons. The van der Waals surface area contributed by atoms with Crippen LogP contribution in [0.2, 0.25) is 0 Å². The summed E-state index contributed by atoms with van der Waals surface area (Å²) in [6.45, 7) is 5.12. The van der Waals surface area contributed by atoms with Gasteiger partial charge >= 0.3 is 0 Å². The van der Waals surface area contributed by atoms with Crippen LogP contribution in [0.3, 0.4) is 0 Å². The Bertz CT molecular complexity index is 420. The van der Waals surface area contributed by atoms with Crippen LogP contribution in [0.5, 0.6) is 0 Å². The average molecular weight is 342 g/mol. The van der Waals surface area contributed by atoms with Gasteiger partial charge in [-0.3, -0.25) is 4.68 Å². The monoisotopic (exact) mass is 341 g/mol. The summed E-state index contributed by atoms with van der Waals surface area (Å²) in [6, 6.07) is 0.269. The molecular formula is C16H28BrN3. The number of hydrogen-bond acceptors (Lipinski definition) is 2. The molecule has 1 fully saturated rings. The molecule has 114 valence electrons. The zero-order valence-corrected chi connectivity index (χ0v) is 14.5. The van der Waals surface area contributed by atoms with Crippen LogP contribution >= 0.6 is 15.9 Å². The average Bonchev–Trinajstić information content (AvgIpc) is 2.66. The van der Waals surface area contributed by atoms with Crippen LogP contribution < -0.4 is 5.73 Å². The zero-order valence-electron chi connectivity index (χ0n) is 12.9. The highest BCUT2D eigenvalue weighted by molar-refractivity contribution is 9.10. The largest absolute Gasteiger partial charge is 0.327 e. The molecule has 2 N–H and O–H groups in total. The SMILES string of the molecule is CCn1nc(C)c(Br)c1CC(N)C1CCCCCCC1. The first-order chi connectivity index (χ1) is 9.63.